The number of fused-ring (bicyclic) bond motifs is 8. The van der Waals surface area contributed by atoms with Gasteiger partial charge in [-0.1, -0.05) is 65.2 Å². The molecule has 1 aromatic rings. The van der Waals surface area contributed by atoms with Crippen molar-refractivity contribution in [1.82, 2.24) is 5.32 Å². The van der Waals surface area contributed by atoms with Gasteiger partial charge in [-0.15, -0.1) is 0 Å². The summed E-state index contributed by atoms with van der Waals surface area (Å²) in [6.07, 6.45) is 7.38. The molecule has 10 aliphatic carbocycles. The van der Waals surface area contributed by atoms with Crippen LogP contribution in [0.5, 0.6) is 11.5 Å². The molecule has 0 aromatic heterocycles. The summed E-state index contributed by atoms with van der Waals surface area (Å²) in [5.74, 6) is -3.87. The number of aromatic hydroxyl groups is 2. The molecule has 8 fully saturated rings. The van der Waals surface area contributed by atoms with Crippen LogP contribution < -0.4 is 5.32 Å². The zero-order valence-electron chi connectivity index (χ0n) is 35.5. The van der Waals surface area contributed by atoms with Gasteiger partial charge in [0, 0.05) is 60.5 Å². The number of nitrogens with one attached hydrogen (secondary N) is 1. The number of aliphatic hydroxyl groups excluding tert-OH is 3. The summed E-state index contributed by atoms with van der Waals surface area (Å²) in [5, 5.41) is 101. The van der Waals surface area contributed by atoms with E-state index >= 15 is 4.79 Å². The number of phenols is 2. The quantitative estimate of drug-likeness (QED) is 0.145. The van der Waals surface area contributed by atoms with Gasteiger partial charge in [-0.3, -0.25) is 4.79 Å². The summed E-state index contributed by atoms with van der Waals surface area (Å²) in [6, 6.07) is 4.41. The van der Waals surface area contributed by atoms with Crippen molar-refractivity contribution in [2.75, 3.05) is 19.7 Å². The SMILES string of the molecule is CCNCC1=CC2(C)CCC1C1(OC3CC4(O)C5=CC(=O)C6C(c7ccc(O)c(O)c7)C7(O)CCC5(C5(CCCC5)CC4(C)C3C1(O)CCO)C6(C)CC7O)C(O)C2C. The summed E-state index contributed by atoms with van der Waals surface area (Å²) in [6.45, 7) is 11.5. The Hall–Kier alpha value is -2.35. The molecule has 16 unspecified atom stereocenters. The van der Waals surface area contributed by atoms with Crippen LogP contribution in [0.25, 0.3) is 0 Å². The van der Waals surface area contributed by atoms with E-state index in [4.69, 9.17) is 4.74 Å². The highest BCUT2D eigenvalue weighted by molar-refractivity contribution is 5.96. The molecule has 1 heterocycles. The molecule has 6 bridgehead atoms. The van der Waals surface area contributed by atoms with Crippen LogP contribution in [0.3, 0.4) is 0 Å². The molecule has 0 amide bonds. The molecule has 1 aliphatic heterocycles. The molecule has 9 N–H and O–H groups in total. The smallest absolute Gasteiger partial charge is 0.160 e. The predicted octanol–water partition coefficient (Wildman–Crippen LogP) is 4.52. The van der Waals surface area contributed by atoms with E-state index in [2.05, 4.69) is 46.0 Å². The summed E-state index contributed by atoms with van der Waals surface area (Å²) < 4.78 is 7.48. The van der Waals surface area contributed by atoms with Gasteiger partial charge < -0.3 is 50.9 Å². The van der Waals surface area contributed by atoms with Crippen LogP contribution in [-0.2, 0) is 9.53 Å². The Kier molecular flexibility index (Phi) is 8.57. The minimum absolute atomic E-state index is 0.0401. The van der Waals surface area contributed by atoms with E-state index in [1.54, 1.807) is 12.1 Å². The number of rotatable bonds is 6. The molecule has 11 nitrogen and oxygen atoms in total. The van der Waals surface area contributed by atoms with E-state index < -0.39 is 80.1 Å². The van der Waals surface area contributed by atoms with Crippen molar-refractivity contribution in [2.24, 2.45) is 50.7 Å². The van der Waals surface area contributed by atoms with Crippen molar-refractivity contribution in [3.05, 3.63) is 47.1 Å². The Bertz CT molecular complexity index is 2030. The van der Waals surface area contributed by atoms with Crippen LogP contribution in [0.15, 0.2) is 41.5 Å². The molecule has 0 radical (unpaired) electrons. The van der Waals surface area contributed by atoms with Gasteiger partial charge in [-0.25, -0.2) is 0 Å². The zero-order valence-corrected chi connectivity index (χ0v) is 35.5. The van der Waals surface area contributed by atoms with Crippen molar-refractivity contribution < 1.29 is 50.4 Å². The third-order valence-electron chi connectivity index (χ3n) is 20.2. The van der Waals surface area contributed by atoms with E-state index in [-0.39, 0.29) is 66.8 Å². The van der Waals surface area contributed by atoms with Crippen LogP contribution in [0.4, 0.5) is 0 Å². The minimum atomic E-state index is -1.75. The van der Waals surface area contributed by atoms with Crippen LogP contribution in [-0.4, -0.2) is 107 Å². The maximum absolute atomic E-state index is 15.3. The van der Waals surface area contributed by atoms with Gasteiger partial charge in [-0.05, 0) is 109 Å². The molecule has 11 heteroatoms. The van der Waals surface area contributed by atoms with Crippen molar-refractivity contribution in [2.45, 2.75) is 158 Å². The third kappa shape index (κ3) is 4.41. The molecular formula is C48H67NO10. The van der Waals surface area contributed by atoms with Gasteiger partial charge >= 0.3 is 0 Å². The second-order valence-corrected chi connectivity index (χ2v) is 22.0. The Balaban J connectivity index is 1.17. The highest BCUT2D eigenvalue weighted by Gasteiger charge is 2.87. The number of aliphatic hydroxyl groups is 6. The number of benzene rings is 1. The fourth-order valence-electron chi connectivity index (χ4n) is 17.9. The lowest BCUT2D eigenvalue weighted by atomic mass is 9.31. The standard InChI is InChI=1S/C48H67NO10/c1-6-49-24-28-21-40(3)14-11-29(28)48(39(55)26(40)2)46(57,17-18-50)38-33(59-48)22-47(58)34-20-32(53)37-36(27-9-10-30(51)31(52)19-27)44(56)15-16-45(34,41(37,4)23-35(44)54)43(12-7-8-13-43)25-42(38,47)5/h9-10,19-21,26,29,33,35-39,49-52,54-58H,6-8,11-18,22-25H2,1-5H3. The lowest BCUT2D eigenvalue weighted by Gasteiger charge is -2.73. The highest BCUT2D eigenvalue weighted by atomic mass is 16.6. The second-order valence-electron chi connectivity index (χ2n) is 22.0. The highest BCUT2D eigenvalue weighted by Crippen LogP contribution is 2.85. The summed E-state index contributed by atoms with van der Waals surface area (Å²) >= 11 is 0. The number of carbonyl (C=O) groups is 1. The zero-order chi connectivity index (χ0) is 42.1. The van der Waals surface area contributed by atoms with Gasteiger partial charge in [0.25, 0.3) is 0 Å². The molecular weight excluding hydrogens is 751 g/mol. The Labute approximate surface area is 348 Å². The van der Waals surface area contributed by atoms with E-state index in [1.165, 1.54) is 12.1 Å². The summed E-state index contributed by atoms with van der Waals surface area (Å²) in [5.41, 5.74) is -7.95. The first-order chi connectivity index (χ1) is 27.7. The largest absolute Gasteiger partial charge is 0.504 e. The average molecular weight is 818 g/mol. The monoisotopic (exact) mass is 817 g/mol. The molecule has 1 aromatic carbocycles. The van der Waals surface area contributed by atoms with Crippen LogP contribution in [0, 0.1) is 50.7 Å². The second kappa shape index (κ2) is 12.4. The number of carbonyl (C=O) groups excluding carboxylic acids is 1. The van der Waals surface area contributed by atoms with Gasteiger partial charge in [0.2, 0.25) is 0 Å². The van der Waals surface area contributed by atoms with Crippen molar-refractivity contribution >= 4 is 5.78 Å². The Morgan fingerprint density at radius 1 is 0.915 bits per heavy atom. The minimum Gasteiger partial charge on any atom is -0.504 e. The normalized spacial score (nSPS) is 52.6. The molecule has 16 atom stereocenters. The number of hydrogen-bond acceptors (Lipinski definition) is 11. The van der Waals surface area contributed by atoms with Gasteiger partial charge in [0.15, 0.2) is 17.3 Å². The van der Waals surface area contributed by atoms with Crippen LogP contribution >= 0.6 is 0 Å². The number of allylic oxidation sites excluding steroid dienone is 2. The number of ketones is 1. The van der Waals surface area contributed by atoms with E-state index in [0.717, 1.165) is 44.2 Å². The maximum atomic E-state index is 15.3. The van der Waals surface area contributed by atoms with Crippen molar-refractivity contribution in [3.8, 4) is 11.5 Å². The average Bonchev–Trinajstić information content (AvgIpc) is 3.75. The molecule has 59 heavy (non-hydrogen) atoms. The fourth-order valence-corrected chi connectivity index (χ4v) is 17.9. The van der Waals surface area contributed by atoms with Gasteiger partial charge in [0.05, 0.1) is 29.5 Å². The molecule has 1 saturated heterocycles. The van der Waals surface area contributed by atoms with Crippen LogP contribution in [0.2, 0.25) is 0 Å². The number of hydrogen-bond donors (Lipinski definition) is 9. The van der Waals surface area contributed by atoms with Crippen molar-refractivity contribution in [1.29, 1.82) is 0 Å². The number of ether oxygens (including phenoxy) is 1. The van der Waals surface area contributed by atoms with Gasteiger partial charge in [-0.2, -0.15) is 0 Å². The van der Waals surface area contributed by atoms with Crippen molar-refractivity contribution in [3.63, 3.8) is 0 Å². The first-order valence-corrected chi connectivity index (χ1v) is 22.8. The fraction of sp³-hybridized carbons (Fsp3) is 0.771. The Morgan fingerprint density at radius 3 is 2.32 bits per heavy atom. The predicted molar refractivity (Wildman–Crippen MR) is 218 cm³/mol. The molecule has 12 rings (SSSR count). The number of likely N-dealkylation sites (N-methyl/N-ethyl adjacent to an activating group) is 1. The summed E-state index contributed by atoms with van der Waals surface area (Å²) in [7, 11) is 0. The number of phenolic OH excluding ortho intramolecular Hbond substituents is 2. The molecule has 7 saturated carbocycles. The van der Waals surface area contributed by atoms with E-state index in [0.29, 0.717) is 36.9 Å². The first-order valence-electron chi connectivity index (χ1n) is 22.8. The third-order valence-corrected chi connectivity index (χ3v) is 20.2. The maximum Gasteiger partial charge on any atom is 0.160 e. The summed E-state index contributed by atoms with van der Waals surface area (Å²) in [4.78, 5) is 15.3. The topological polar surface area (TPSA) is 200 Å². The molecule has 11 aliphatic rings. The van der Waals surface area contributed by atoms with Crippen LogP contribution in [0.1, 0.15) is 123 Å². The van der Waals surface area contributed by atoms with Gasteiger partial charge in [0.1, 0.15) is 11.2 Å². The van der Waals surface area contributed by atoms with E-state index in [9.17, 15) is 40.9 Å². The Morgan fingerprint density at radius 2 is 1.64 bits per heavy atom. The lowest BCUT2D eigenvalue weighted by molar-refractivity contribution is -0.261. The first kappa shape index (κ1) is 40.7. The molecule has 3 spiro atoms. The lowest BCUT2D eigenvalue weighted by Crippen LogP contribution is -2.74. The molecule has 324 valence electrons. The van der Waals surface area contributed by atoms with E-state index in [1.807, 2.05) is 0 Å².